The topological polar surface area (TPSA) is 122 Å². The van der Waals surface area contributed by atoms with Gasteiger partial charge < -0.3 is 24.8 Å². The van der Waals surface area contributed by atoms with Gasteiger partial charge in [-0.2, -0.15) is 0 Å². The Bertz CT molecular complexity index is 412. The molecule has 0 radical (unpaired) electrons. The summed E-state index contributed by atoms with van der Waals surface area (Å²) < 4.78 is 20.8. The molecule has 21 heavy (non-hydrogen) atoms. The van der Waals surface area contributed by atoms with Crippen LogP contribution >= 0.6 is 7.37 Å². The van der Waals surface area contributed by atoms with E-state index in [1.54, 1.807) is 20.8 Å². The van der Waals surface area contributed by atoms with Gasteiger partial charge in [0.25, 0.3) is 0 Å². The molecule has 1 amide bonds. The molecule has 0 heterocycles. The highest BCUT2D eigenvalue weighted by atomic mass is 31.2. The Hall–Kier alpha value is -1.11. The summed E-state index contributed by atoms with van der Waals surface area (Å²) in [6.45, 7) is 7.39. The van der Waals surface area contributed by atoms with Crippen molar-refractivity contribution >= 4 is 19.4 Å². The van der Waals surface area contributed by atoms with Crippen molar-refractivity contribution in [3.63, 3.8) is 0 Å². The van der Waals surface area contributed by atoms with Crippen LogP contribution in [0.1, 0.15) is 34.1 Å². The number of aliphatic hydroxyl groups is 1. The van der Waals surface area contributed by atoms with E-state index in [-0.39, 0.29) is 13.0 Å². The summed E-state index contributed by atoms with van der Waals surface area (Å²) >= 11 is 0. The number of ether oxygens (including phenoxy) is 2. The minimum Gasteiger partial charge on any atom is -0.425 e. The first kappa shape index (κ1) is 19.9. The quantitative estimate of drug-likeness (QED) is 0.381. The van der Waals surface area contributed by atoms with Crippen molar-refractivity contribution in [1.29, 1.82) is 0 Å². The van der Waals surface area contributed by atoms with Crippen LogP contribution in [0, 0.1) is 5.41 Å². The lowest BCUT2D eigenvalue weighted by Crippen LogP contribution is -2.34. The Balaban J connectivity index is 4.05. The molecule has 0 aliphatic carbocycles. The molecule has 0 bridgehead atoms. The van der Waals surface area contributed by atoms with Gasteiger partial charge in [0, 0.05) is 26.6 Å². The second-order valence-corrected chi connectivity index (χ2v) is 8.25. The summed E-state index contributed by atoms with van der Waals surface area (Å²) in [6.07, 6.45) is -1.99. The van der Waals surface area contributed by atoms with Crippen molar-refractivity contribution in [2.45, 2.75) is 46.3 Å². The van der Waals surface area contributed by atoms with E-state index in [0.29, 0.717) is 0 Å². The van der Waals surface area contributed by atoms with Crippen molar-refractivity contribution in [3.05, 3.63) is 0 Å². The minimum absolute atomic E-state index is 0.0433. The first-order chi connectivity index (χ1) is 9.34. The molecule has 3 atom stereocenters. The molecule has 0 aromatic heterocycles. The van der Waals surface area contributed by atoms with E-state index in [1.807, 2.05) is 0 Å². The van der Waals surface area contributed by atoms with Crippen molar-refractivity contribution in [1.82, 2.24) is 5.32 Å². The van der Waals surface area contributed by atoms with Crippen molar-refractivity contribution in [2.24, 2.45) is 5.41 Å². The third kappa shape index (κ3) is 8.70. The average Bonchev–Trinajstić information content (AvgIpc) is 2.25. The zero-order valence-electron chi connectivity index (χ0n) is 13.0. The summed E-state index contributed by atoms with van der Waals surface area (Å²) in [5, 5.41) is 11.6. The van der Waals surface area contributed by atoms with Crippen LogP contribution in [0.25, 0.3) is 0 Å². The number of hydrogen-bond acceptors (Lipinski definition) is 6. The number of alkyl carbamates (subject to hydrolysis) is 1. The third-order valence-electron chi connectivity index (χ3n) is 2.38. The van der Waals surface area contributed by atoms with Crippen molar-refractivity contribution in [2.75, 3.05) is 13.2 Å². The van der Waals surface area contributed by atoms with Gasteiger partial charge in [0.2, 0.25) is 13.7 Å². The molecule has 8 nitrogen and oxygen atoms in total. The molecular weight excluding hydrogens is 301 g/mol. The molecule has 0 aromatic rings. The number of carbonyl (C=O) groups excluding carboxylic acids is 2. The molecular formula is C12H24NO7P. The lowest BCUT2D eigenvalue weighted by atomic mass is 9.97. The highest BCUT2D eigenvalue weighted by Gasteiger charge is 2.26. The number of rotatable bonds is 6. The summed E-state index contributed by atoms with van der Waals surface area (Å²) in [4.78, 5) is 32.0. The largest absolute Gasteiger partial charge is 0.425 e. The Morgan fingerprint density at radius 2 is 1.81 bits per heavy atom. The first-order valence-electron chi connectivity index (χ1n) is 6.47. The summed E-state index contributed by atoms with van der Waals surface area (Å²) in [6, 6.07) is 0. The number of aliphatic hydroxyl groups excluding tert-OH is 1. The van der Waals surface area contributed by atoms with Gasteiger partial charge >= 0.3 is 12.1 Å². The molecule has 0 saturated heterocycles. The molecule has 0 aromatic carbocycles. The predicted molar refractivity (Wildman–Crippen MR) is 75.9 cm³/mol. The molecule has 0 aliphatic heterocycles. The highest BCUT2D eigenvalue weighted by molar-refractivity contribution is 7.57. The highest BCUT2D eigenvalue weighted by Crippen LogP contribution is 2.41. The van der Waals surface area contributed by atoms with Crippen LogP contribution in [0.3, 0.4) is 0 Å². The molecule has 9 heteroatoms. The van der Waals surface area contributed by atoms with Crippen molar-refractivity contribution < 1.29 is 33.6 Å². The van der Waals surface area contributed by atoms with Gasteiger partial charge in [-0.3, -0.25) is 9.36 Å². The molecule has 0 spiro atoms. The Morgan fingerprint density at radius 1 is 1.29 bits per heavy atom. The van der Waals surface area contributed by atoms with Crippen LogP contribution in [-0.2, 0) is 18.8 Å². The second kappa shape index (κ2) is 7.77. The van der Waals surface area contributed by atoms with Crippen LogP contribution in [0.2, 0.25) is 0 Å². The van der Waals surface area contributed by atoms with Gasteiger partial charge in [0.1, 0.15) is 5.85 Å². The lowest BCUT2D eigenvalue weighted by Gasteiger charge is -2.21. The fraction of sp³-hybridized carbons (Fsp3) is 0.833. The molecule has 0 rings (SSSR count). The summed E-state index contributed by atoms with van der Waals surface area (Å²) in [5.74, 6) is -1.92. The number of amides is 1. The van der Waals surface area contributed by atoms with Crippen LogP contribution in [0.15, 0.2) is 0 Å². The SMILES string of the molecule is CC(OC(=O)NCCC(O)P(C)(=O)O)OC(=O)C(C)(C)C. The smallest absolute Gasteiger partial charge is 0.410 e. The molecule has 124 valence electrons. The van der Waals surface area contributed by atoms with Gasteiger partial charge in [-0.25, -0.2) is 4.79 Å². The Morgan fingerprint density at radius 3 is 2.24 bits per heavy atom. The Labute approximate surface area is 124 Å². The zero-order chi connectivity index (χ0) is 16.8. The normalized spacial score (nSPS) is 17.3. The van der Waals surface area contributed by atoms with Gasteiger partial charge in [-0.15, -0.1) is 0 Å². The fourth-order valence-electron chi connectivity index (χ4n) is 1.09. The predicted octanol–water partition coefficient (Wildman–Crippen LogP) is 1.26. The monoisotopic (exact) mass is 325 g/mol. The maximum Gasteiger partial charge on any atom is 0.410 e. The molecule has 3 unspecified atom stereocenters. The van der Waals surface area contributed by atoms with E-state index in [9.17, 15) is 19.3 Å². The minimum atomic E-state index is -3.59. The van der Waals surface area contributed by atoms with Gasteiger partial charge in [0.15, 0.2) is 0 Å². The van der Waals surface area contributed by atoms with Crippen molar-refractivity contribution in [3.8, 4) is 0 Å². The van der Waals surface area contributed by atoms with E-state index in [2.05, 4.69) is 5.32 Å². The Kier molecular flexibility index (Phi) is 7.36. The summed E-state index contributed by atoms with van der Waals surface area (Å²) in [5.41, 5.74) is -0.707. The second-order valence-electron chi connectivity index (χ2n) is 5.77. The van der Waals surface area contributed by atoms with E-state index < -0.39 is 37.0 Å². The number of nitrogens with one attached hydrogen (secondary N) is 1. The third-order valence-corrected chi connectivity index (χ3v) is 3.75. The van der Waals surface area contributed by atoms with Crippen LogP contribution in [0.4, 0.5) is 4.79 Å². The average molecular weight is 325 g/mol. The zero-order valence-corrected chi connectivity index (χ0v) is 13.8. The first-order valence-corrected chi connectivity index (χ1v) is 8.65. The lowest BCUT2D eigenvalue weighted by molar-refractivity contribution is -0.174. The van der Waals surface area contributed by atoms with E-state index in [4.69, 9.17) is 14.4 Å². The van der Waals surface area contributed by atoms with E-state index >= 15 is 0 Å². The van der Waals surface area contributed by atoms with Crippen LogP contribution in [-0.4, -0.2) is 47.4 Å². The molecule has 0 saturated carbocycles. The van der Waals surface area contributed by atoms with Crippen LogP contribution in [0.5, 0.6) is 0 Å². The maximum absolute atomic E-state index is 11.5. The number of hydrogen-bond donors (Lipinski definition) is 3. The number of esters is 1. The van der Waals surface area contributed by atoms with Gasteiger partial charge in [-0.05, 0) is 20.8 Å². The molecule has 0 aliphatic rings. The van der Waals surface area contributed by atoms with Gasteiger partial charge in [-0.1, -0.05) is 0 Å². The summed E-state index contributed by atoms with van der Waals surface area (Å²) in [7, 11) is -3.59. The van der Waals surface area contributed by atoms with Gasteiger partial charge in [0.05, 0.1) is 5.41 Å². The molecule has 3 N–H and O–H groups in total. The van der Waals surface area contributed by atoms with E-state index in [0.717, 1.165) is 6.66 Å². The molecule has 0 fully saturated rings. The fourth-order valence-corrected chi connectivity index (χ4v) is 1.70. The van der Waals surface area contributed by atoms with Crippen LogP contribution < -0.4 is 5.32 Å². The standard InChI is InChI=1S/C12H24NO7P/c1-8(19-10(15)12(2,3)4)20-11(16)13-7-6-9(14)21(5,17)18/h8-9,14H,6-7H2,1-5H3,(H,13,16)(H,17,18). The maximum atomic E-state index is 11.5. The number of carbonyl (C=O) groups is 2. The van der Waals surface area contributed by atoms with E-state index in [1.165, 1.54) is 6.92 Å².